The van der Waals surface area contributed by atoms with Crippen molar-refractivity contribution in [3.63, 3.8) is 0 Å². The molecule has 6 nitrogen and oxygen atoms in total. The van der Waals surface area contributed by atoms with Gasteiger partial charge in [-0.15, -0.1) is 0 Å². The number of nitrogens with two attached hydrogens (primary N) is 1. The molecule has 0 spiro atoms. The summed E-state index contributed by atoms with van der Waals surface area (Å²) in [5.41, 5.74) is 5.77. The molecule has 1 aromatic heterocycles. The van der Waals surface area contributed by atoms with Crippen LogP contribution >= 0.6 is 0 Å². The van der Waals surface area contributed by atoms with Crippen LogP contribution in [0, 0.1) is 5.92 Å². The van der Waals surface area contributed by atoms with Crippen LogP contribution in [0.15, 0.2) is 12.4 Å². The van der Waals surface area contributed by atoms with Crippen molar-refractivity contribution in [1.82, 2.24) is 19.4 Å². The van der Waals surface area contributed by atoms with Gasteiger partial charge in [0.05, 0.1) is 12.5 Å². The number of hydrogen-bond acceptors (Lipinski definition) is 4. The van der Waals surface area contributed by atoms with Crippen LogP contribution in [0.25, 0.3) is 0 Å². The van der Waals surface area contributed by atoms with E-state index >= 15 is 0 Å². The average molecular weight is 315 g/mol. The minimum Gasteiger partial charge on any atom is -0.340 e. The van der Waals surface area contributed by atoms with Crippen molar-refractivity contribution < 1.29 is 13.6 Å². The molecule has 0 aliphatic carbocycles. The standard InChI is InChI=1S/C14H23F2N5O/c1-10(11(2)17)13(22)20-7-5-19(6-8-20)9-12-18-3-4-21(12)14(15)16/h3-4,10-11,14H,5-9,17H2,1-2H3. The summed E-state index contributed by atoms with van der Waals surface area (Å²) in [7, 11) is 0. The second kappa shape index (κ2) is 7.15. The quantitative estimate of drug-likeness (QED) is 0.877. The summed E-state index contributed by atoms with van der Waals surface area (Å²) < 4.78 is 26.4. The highest BCUT2D eigenvalue weighted by Crippen LogP contribution is 2.16. The Morgan fingerprint density at radius 2 is 1.95 bits per heavy atom. The highest BCUT2D eigenvalue weighted by molar-refractivity contribution is 5.79. The number of aromatic nitrogens is 2. The van der Waals surface area contributed by atoms with Gasteiger partial charge in [-0.2, -0.15) is 8.78 Å². The first-order chi connectivity index (χ1) is 10.4. The third-order valence-corrected chi connectivity index (χ3v) is 4.19. The fraction of sp³-hybridized carbons (Fsp3) is 0.714. The first-order valence-electron chi connectivity index (χ1n) is 7.46. The summed E-state index contributed by atoms with van der Waals surface area (Å²) in [5, 5.41) is 0. The van der Waals surface area contributed by atoms with E-state index < -0.39 is 6.55 Å². The monoisotopic (exact) mass is 315 g/mol. The number of halogens is 2. The summed E-state index contributed by atoms with van der Waals surface area (Å²) in [4.78, 5) is 20.0. The Kier molecular flexibility index (Phi) is 5.47. The first kappa shape index (κ1) is 16.8. The van der Waals surface area contributed by atoms with Gasteiger partial charge in [0.25, 0.3) is 0 Å². The molecule has 1 saturated heterocycles. The molecule has 1 aliphatic heterocycles. The Balaban J connectivity index is 1.87. The zero-order chi connectivity index (χ0) is 16.3. The number of hydrogen-bond donors (Lipinski definition) is 1. The Morgan fingerprint density at radius 3 is 2.50 bits per heavy atom. The molecule has 2 atom stereocenters. The number of rotatable bonds is 5. The van der Waals surface area contributed by atoms with E-state index in [2.05, 4.69) is 4.98 Å². The smallest absolute Gasteiger partial charge is 0.319 e. The van der Waals surface area contributed by atoms with E-state index in [9.17, 15) is 13.6 Å². The van der Waals surface area contributed by atoms with Crippen molar-refractivity contribution in [2.75, 3.05) is 26.2 Å². The minimum atomic E-state index is -2.58. The molecule has 2 N–H and O–H groups in total. The first-order valence-corrected chi connectivity index (χ1v) is 7.46. The summed E-state index contributed by atoms with van der Waals surface area (Å²) in [5.74, 6) is 0.201. The fourth-order valence-electron chi connectivity index (χ4n) is 2.48. The number of nitrogens with zero attached hydrogens (tertiary/aromatic N) is 4. The maximum Gasteiger partial charge on any atom is 0.319 e. The highest BCUT2D eigenvalue weighted by Gasteiger charge is 2.27. The van der Waals surface area contributed by atoms with Gasteiger partial charge in [-0.3, -0.25) is 14.3 Å². The van der Waals surface area contributed by atoms with Crippen LogP contribution < -0.4 is 5.73 Å². The third kappa shape index (κ3) is 3.80. The van der Waals surface area contributed by atoms with E-state index in [4.69, 9.17) is 5.73 Å². The molecule has 2 unspecified atom stereocenters. The van der Waals surface area contributed by atoms with Gasteiger partial charge in [-0.05, 0) is 6.92 Å². The summed E-state index contributed by atoms with van der Waals surface area (Å²) >= 11 is 0. The fourth-order valence-corrected chi connectivity index (χ4v) is 2.48. The maximum absolute atomic E-state index is 12.8. The Labute approximate surface area is 128 Å². The van der Waals surface area contributed by atoms with E-state index in [-0.39, 0.29) is 17.9 Å². The van der Waals surface area contributed by atoms with E-state index in [0.29, 0.717) is 38.5 Å². The van der Waals surface area contributed by atoms with Crippen molar-refractivity contribution in [3.05, 3.63) is 18.2 Å². The van der Waals surface area contributed by atoms with Crippen LogP contribution in [0.1, 0.15) is 26.2 Å². The molecule has 1 aliphatic rings. The van der Waals surface area contributed by atoms with Gasteiger partial charge in [0.2, 0.25) is 5.91 Å². The molecular weight excluding hydrogens is 292 g/mol. The Morgan fingerprint density at radius 1 is 1.32 bits per heavy atom. The maximum atomic E-state index is 12.8. The number of carbonyl (C=O) groups excluding carboxylic acids is 1. The van der Waals surface area contributed by atoms with Crippen molar-refractivity contribution in [2.24, 2.45) is 11.7 Å². The molecule has 1 aromatic rings. The van der Waals surface area contributed by atoms with Gasteiger partial charge < -0.3 is 10.6 Å². The van der Waals surface area contributed by atoms with E-state index in [1.807, 2.05) is 18.7 Å². The van der Waals surface area contributed by atoms with Crippen LogP contribution in [0.4, 0.5) is 8.78 Å². The topological polar surface area (TPSA) is 67.4 Å². The highest BCUT2D eigenvalue weighted by atomic mass is 19.3. The second-order valence-electron chi connectivity index (χ2n) is 5.78. The number of imidazole rings is 1. The molecular formula is C14H23F2N5O. The molecule has 2 rings (SSSR count). The Hall–Kier alpha value is -1.54. The summed E-state index contributed by atoms with van der Waals surface area (Å²) in [6.45, 7) is 3.91. The van der Waals surface area contributed by atoms with Crippen LogP contribution in [0.3, 0.4) is 0 Å². The zero-order valence-corrected chi connectivity index (χ0v) is 13.0. The molecule has 1 fully saturated rings. The number of piperazine rings is 1. The minimum absolute atomic E-state index is 0.0590. The zero-order valence-electron chi connectivity index (χ0n) is 13.0. The average Bonchev–Trinajstić information content (AvgIpc) is 2.94. The van der Waals surface area contributed by atoms with Gasteiger partial charge in [0.15, 0.2) is 0 Å². The largest absolute Gasteiger partial charge is 0.340 e. The summed E-state index contributed by atoms with van der Waals surface area (Å²) in [6.07, 6.45) is 2.66. The van der Waals surface area contributed by atoms with Gasteiger partial charge in [0.1, 0.15) is 5.82 Å². The molecule has 0 saturated carbocycles. The van der Waals surface area contributed by atoms with Crippen molar-refractivity contribution in [2.45, 2.75) is 33.0 Å². The molecule has 0 aromatic carbocycles. The van der Waals surface area contributed by atoms with E-state index in [0.717, 1.165) is 4.57 Å². The van der Waals surface area contributed by atoms with Gasteiger partial charge in [-0.1, -0.05) is 6.92 Å². The number of alkyl halides is 2. The molecule has 2 heterocycles. The van der Waals surface area contributed by atoms with Crippen molar-refractivity contribution in [3.8, 4) is 0 Å². The van der Waals surface area contributed by atoms with Crippen LogP contribution in [-0.2, 0) is 11.3 Å². The van der Waals surface area contributed by atoms with Crippen LogP contribution in [0.5, 0.6) is 0 Å². The lowest BCUT2D eigenvalue weighted by atomic mass is 10.0. The SMILES string of the molecule is CC(N)C(C)C(=O)N1CCN(Cc2nccn2C(F)F)CC1. The molecule has 124 valence electrons. The van der Waals surface area contributed by atoms with Gasteiger partial charge in [-0.25, -0.2) is 4.98 Å². The molecule has 22 heavy (non-hydrogen) atoms. The van der Waals surface area contributed by atoms with E-state index in [1.165, 1.54) is 12.4 Å². The van der Waals surface area contributed by atoms with E-state index in [1.54, 1.807) is 4.90 Å². The van der Waals surface area contributed by atoms with Gasteiger partial charge >= 0.3 is 6.55 Å². The molecule has 0 bridgehead atoms. The lowest BCUT2D eigenvalue weighted by Crippen LogP contribution is -2.51. The van der Waals surface area contributed by atoms with Crippen molar-refractivity contribution in [1.29, 1.82) is 0 Å². The predicted octanol–water partition coefficient (Wildman–Crippen LogP) is 0.906. The summed E-state index contributed by atoms with van der Waals surface area (Å²) in [6, 6.07) is -0.177. The van der Waals surface area contributed by atoms with Crippen LogP contribution in [-0.4, -0.2) is 57.5 Å². The lowest BCUT2D eigenvalue weighted by Gasteiger charge is -2.36. The number of amides is 1. The normalized spacial score (nSPS) is 19.5. The lowest BCUT2D eigenvalue weighted by molar-refractivity contribution is -0.137. The molecule has 1 amide bonds. The third-order valence-electron chi connectivity index (χ3n) is 4.19. The predicted molar refractivity (Wildman–Crippen MR) is 78.2 cm³/mol. The number of carbonyl (C=O) groups is 1. The second-order valence-corrected chi connectivity index (χ2v) is 5.78. The molecule has 0 radical (unpaired) electrons. The van der Waals surface area contributed by atoms with Gasteiger partial charge in [0, 0.05) is 44.6 Å². The molecule has 8 heteroatoms. The van der Waals surface area contributed by atoms with Crippen molar-refractivity contribution >= 4 is 5.91 Å². The Bertz CT molecular complexity index is 497. The van der Waals surface area contributed by atoms with Crippen LogP contribution in [0.2, 0.25) is 0 Å².